The van der Waals surface area contributed by atoms with Crippen LogP contribution in [0.3, 0.4) is 0 Å². The van der Waals surface area contributed by atoms with Crippen LogP contribution in [0, 0.1) is 5.41 Å². The van der Waals surface area contributed by atoms with E-state index in [2.05, 4.69) is 0 Å². The highest BCUT2D eigenvalue weighted by Gasteiger charge is 2.49. The van der Waals surface area contributed by atoms with E-state index in [9.17, 15) is 14.4 Å². The van der Waals surface area contributed by atoms with Crippen molar-refractivity contribution in [3.05, 3.63) is 71.8 Å². The van der Waals surface area contributed by atoms with Gasteiger partial charge in [0.15, 0.2) is 5.78 Å². The minimum absolute atomic E-state index is 0.0485. The third-order valence-corrected chi connectivity index (χ3v) is 4.43. The van der Waals surface area contributed by atoms with Crippen LogP contribution in [0.25, 0.3) is 0 Å². The first-order valence-corrected chi connectivity index (χ1v) is 7.95. The summed E-state index contributed by atoms with van der Waals surface area (Å²) in [6.07, 6.45) is 0.0485. The van der Waals surface area contributed by atoms with Gasteiger partial charge in [-0.05, 0) is 12.5 Å². The largest absolute Gasteiger partial charge is 0.331 e. The predicted molar refractivity (Wildman–Crippen MR) is 90.4 cm³/mol. The zero-order chi connectivity index (χ0) is 17.2. The molecule has 3 rings (SSSR count). The third kappa shape index (κ3) is 3.13. The standard InChI is InChI=1S/C20H19NO3/c1-20(12-17(22)16-10-6-3-7-11-16)14-21(19(24)18(20)23)13-15-8-4-2-5-9-15/h2-11H,12-14H2,1H3/i22+2,23+2. The quantitative estimate of drug-likeness (QED) is 0.482. The normalized spacial score (nSPS) is 20.5. The zero-order valence-corrected chi connectivity index (χ0v) is 13.6. The molecule has 0 aliphatic carbocycles. The van der Waals surface area contributed by atoms with Gasteiger partial charge in [0.25, 0.3) is 5.91 Å². The molecule has 0 N–H and O–H groups in total. The summed E-state index contributed by atoms with van der Waals surface area (Å²) in [6.45, 7) is 2.37. The molecule has 1 aliphatic rings. The number of nitrogens with zero attached hydrogens (tertiary/aromatic N) is 1. The minimum atomic E-state index is -0.960. The lowest BCUT2D eigenvalue weighted by Gasteiger charge is -2.21. The lowest BCUT2D eigenvalue weighted by atomic mass is 9.82. The number of hydrogen-bond donors (Lipinski definition) is 0. The van der Waals surface area contributed by atoms with Gasteiger partial charge in [0, 0.05) is 25.1 Å². The molecule has 1 unspecified atom stereocenters. The number of likely N-dealkylation sites (tertiary alicyclic amines) is 1. The minimum Gasteiger partial charge on any atom is -0.331 e. The van der Waals surface area contributed by atoms with Crippen molar-refractivity contribution in [2.45, 2.75) is 19.9 Å². The van der Waals surface area contributed by atoms with Crippen LogP contribution >= 0.6 is 0 Å². The van der Waals surface area contributed by atoms with E-state index in [1.54, 1.807) is 31.2 Å². The Balaban J connectivity index is 1.75. The van der Waals surface area contributed by atoms with Crippen molar-refractivity contribution in [1.82, 2.24) is 4.90 Å². The van der Waals surface area contributed by atoms with Crippen molar-refractivity contribution in [3.8, 4) is 0 Å². The average molecular weight is 325 g/mol. The molecule has 0 aromatic heterocycles. The molecule has 122 valence electrons. The number of benzene rings is 2. The SMILES string of the molecule is CC1(CC(=[18O])c2ccccc2)CN(Cc2ccccc2)C(=O)C1=[18O]. The molecular formula is C20H19NO3. The Morgan fingerprint density at radius 2 is 1.67 bits per heavy atom. The van der Waals surface area contributed by atoms with Gasteiger partial charge >= 0.3 is 0 Å². The molecule has 2 aromatic carbocycles. The van der Waals surface area contributed by atoms with E-state index in [1.165, 1.54) is 4.90 Å². The second-order valence-electron chi connectivity index (χ2n) is 6.50. The summed E-state index contributed by atoms with van der Waals surface area (Å²) in [6, 6.07) is 18.4. The van der Waals surface area contributed by atoms with Crippen LogP contribution in [0.4, 0.5) is 0 Å². The zero-order valence-electron chi connectivity index (χ0n) is 13.6. The Morgan fingerprint density at radius 1 is 1.08 bits per heavy atom. The molecular weight excluding hydrogens is 306 g/mol. The number of amides is 1. The highest BCUT2D eigenvalue weighted by atomic mass is 18.1. The van der Waals surface area contributed by atoms with Crippen LogP contribution in [-0.2, 0) is 16.1 Å². The summed E-state index contributed by atoms with van der Waals surface area (Å²) in [7, 11) is 0. The Labute approximate surface area is 141 Å². The molecule has 1 saturated heterocycles. The van der Waals surface area contributed by atoms with Crippen LogP contribution in [-0.4, -0.2) is 28.9 Å². The second kappa shape index (κ2) is 6.40. The smallest absolute Gasteiger partial charge is 0.290 e. The molecule has 24 heavy (non-hydrogen) atoms. The number of ketones is 2. The Morgan fingerprint density at radius 3 is 2.29 bits per heavy atom. The van der Waals surface area contributed by atoms with Crippen molar-refractivity contribution in [1.29, 1.82) is 0 Å². The van der Waals surface area contributed by atoms with Gasteiger partial charge in [-0.1, -0.05) is 60.7 Å². The van der Waals surface area contributed by atoms with Crippen molar-refractivity contribution in [3.63, 3.8) is 0 Å². The van der Waals surface area contributed by atoms with Gasteiger partial charge in [0.1, 0.15) is 0 Å². The monoisotopic (exact) mass is 325 g/mol. The molecule has 0 saturated carbocycles. The van der Waals surface area contributed by atoms with Crippen molar-refractivity contribution in [2.75, 3.05) is 6.54 Å². The van der Waals surface area contributed by atoms with Gasteiger partial charge in [-0.2, -0.15) is 0 Å². The predicted octanol–water partition coefficient (Wildman–Crippen LogP) is 2.88. The summed E-state index contributed by atoms with van der Waals surface area (Å²) in [5.41, 5.74) is 0.580. The van der Waals surface area contributed by atoms with Gasteiger partial charge < -0.3 is 4.90 Å². The topological polar surface area (TPSA) is 54.5 Å². The maximum absolute atomic E-state index is 12.5. The first-order chi connectivity index (χ1) is 11.5. The maximum atomic E-state index is 12.5. The molecule has 1 aliphatic heterocycles. The number of carbonyl (C=O) groups excluding carboxylic acids is 3. The average Bonchev–Trinajstić information content (AvgIpc) is 2.80. The van der Waals surface area contributed by atoms with E-state index in [4.69, 9.17) is 0 Å². The lowest BCUT2D eigenvalue weighted by Crippen LogP contribution is -2.30. The van der Waals surface area contributed by atoms with Crippen molar-refractivity contribution in [2.24, 2.45) is 5.41 Å². The summed E-state index contributed by atoms with van der Waals surface area (Å²) in [4.78, 5) is 38.7. The highest BCUT2D eigenvalue weighted by Crippen LogP contribution is 2.33. The fourth-order valence-corrected chi connectivity index (χ4v) is 3.11. The molecule has 2 aromatic rings. The molecule has 4 heteroatoms. The van der Waals surface area contributed by atoms with E-state index in [1.807, 2.05) is 36.4 Å². The summed E-state index contributed by atoms with van der Waals surface area (Å²) in [5, 5.41) is 0. The number of carbonyl (C=O) groups is 3. The first-order valence-electron chi connectivity index (χ1n) is 7.95. The van der Waals surface area contributed by atoms with E-state index in [-0.39, 0.29) is 18.7 Å². The van der Waals surface area contributed by atoms with E-state index >= 15 is 0 Å². The third-order valence-electron chi connectivity index (χ3n) is 4.43. The molecule has 1 amide bonds. The van der Waals surface area contributed by atoms with Crippen LogP contribution in [0.5, 0.6) is 0 Å². The summed E-state index contributed by atoms with van der Waals surface area (Å²) in [5.74, 6) is -1.08. The van der Waals surface area contributed by atoms with Gasteiger partial charge in [-0.3, -0.25) is 14.4 Å². The van der Waals surface area contributed by atoms with Gasteiger partial charge in [0.05, 0.1) is 5.41 Å². The van der Waals surface area contributed by atoms with Crippen LogP contribution in [0.2, 0.25) is 0 Å². The van der Waals surface area contributed by atoms with Gasteiger partial charge in [-0.25, -0.2) is 0 Å². The van der Waals surface area contributed by atoms with Crippen LogP contribution in [0.15, 0.2) is 60.7 Å². The van der Waals surface area contributed by atoms with E-state index in [0.717, 1.165) is 5.56 Å². The molecule has 1 fully saturated rings. The molecule has 4 nitrogen and oxygen atoms in total. The molecule has 0 bridgehead atoms. The number of hydrogen-bond acceptors (Lipinski definition) is 3. The first kappa shape index (κ1) is 16.1. The Hall–Kier alpha value is -2.75. The van der Waals surface area contributed by atoms with E-state index < -0.39 is 17.1 Å². The maximum Gasteiger partial charge on any atom is 0.290 e. The molecule has 0 radical (unpaired) electrons. The lowest BCUT2D eigenvalue weighted by molar-refractivity contribution is -0.142. The van der Waals surface area contributed by atoms with Crippen molar-refractivity contribution < 1.29 is 14.4 Å². The van der Waals surface area contributed by atoms with Gasteiger partial charge in [0.2, 0.25) is 5.78 Å². The summed E-state index contributed by atoms with van der Waals surface area (Å²) < 4.78 is 0. The van der Waals surface area contributed by atoms with Crippen LogP contribution in [0.1, 0.15) is 29.3 Å². The summed E-state index contributed by atoms with van der Waals surface area (Å²) >= 11 is 0. The van der Waals surface area contributed by atoms with Crippen LogP contribution < -0.4 is 0 Å². The Kier molecular flexibility index (Phi) is 4.30. The fourth-order valence-electron chi connectivity index (χ4n) is 3.11. The number of rotatable bonds is 5. The number of Topliss-reactive ketones (excluding diaryl/α,β-unsaturated/α-hetero) is 2. The second-order valence-corrected chi connectivity index (χ2v) is 6.50. The fraction of sp³-hybridized carbons (Fsp3) is 0.250. The van der Waals surface area contributed by atoms with Gasteiger partial charge in [-0.15, -0.1) is 0 Å². The molecule has 0 spiro atoms. The highest BCUT2D eigenvalue weighted by molar-refractivity contribution is 6.40. The molecule has 1 heterocycles. The molecule has 1 atom stereocenters. The van der Waals surface area contributed by atoms with Crippen molar-refractivity contribution >= 4 is 17.5 Å². The van der Waals surface area contributed by atoms with E-state index in [0.29, 0.717) is 12.1 Å². The Bertz CT molecular complexity index is 770.